The van der Waals surface area contributed by atoms with Gasteiger partial charge in [0.2, 0.25) is 11.8 Å². The van der Waals surface area contributed by atoms with E-state index >= 15 is 0 Å². The Morgan fingerprint density at radius 3 is 2.45 bits per heavy atom. The van der Waals surface area contributed by atoms with Gasteiger partial charge in [-0.2, -0.15) is 0 Å². The third-order valence-corrected chi connectivity index (χ3v) is 3.29. The topological polar surface area (TPSA) is 58.2 Å². The predicted molar refractivity (Wildman–Crippen MR) is 87.4 cm³/mol. The second kappa shape index (κ2) is 7.41. The first kappa shape index (κ1) is 15.8. The molecule has 1 unspecified atom stereocenters. The van der Waals surface area contributed by atoms with Gasteiger partial charge in [0.1, 0.15) is 0 Å². The number of carbonyl (C=O) groups excluding carboxylic acids is 2. The molecule has 0 radical (unpaired) electrons. The Labute approximate surface area is 130 Å². The van der Waals surface area contributed by atoms with Crippen molar-refractivity contribution in [3.05, 3.63) is 65.7 Å². The highest BCUT2D eigenvalue weighted by Crippen LogP contribution is 2.17. The summed E-state index contributed by atoms with van der Waals surface area (Å²) >= 11 is 0. The van der Waals surface area contributed by atoms with E-state index in [1.165, 1.54) is 6.92 Å². The van der Waals surface area contributed by atoms with Gasteiger partial charge in [-0.1, -0.05) is 42.5 Å². The van der Waals surface area contributed by atoms with E-state index in [0.717, 1.165) is 16.8 Å². The highest BCUT2D eigenvalue weighted by atomic mass is 16.2. The number of hydrogen-bond donors (Lipinski definition) is 2. The van der Waals surface area contributed by atoms with E-state index in [4.69, 9.17) is 0 Å². The zero-order valence-electron chi connectivity index (χ0n) is 12.8. The van der Waals surface area contributed by atoms with Crippen molar-refractivity contribution in [3.63, 3.8) is 0 Å². The summed E-state index contributed by atoms with van der Waals surface area (Å²) in [6.45, 7) is 3.40. The molecule has 114 valence electrons. The monoisotopic (exact) mass is 296 g/mol. The fourth-order valence-corrected chi connectivity index (χ4v) is 2.25. The molecular weight excluding hydrogens is 276 g/mol. The zero-order chi connectivity index (χ0) is 15.9. The van der Waals surface area contributed by atoms with Gasteiger partial charge in [0.15, 0.2) is 0 Å². The van der Waals surface area contributed by atoms with Gasteiger partial charge in [0.25, 0.3) is 0 Å². The van der Waals surface area contributed by atoms with E-state index in [0.29, 0.717) is 6.42 Å². The molecule has 22 heavy (non-hydrogen) atoms. The van der Waals surface area contributed by atoms with Gasteiger partial charge in [0, 0.05) is 12.6 Å². The number of carbonyl (C=O) groups is 2. The van der Waals surface area contributed by atoms with Gasteiger partial charge >= 0.3 is 0 Å². The second-order valence-corrected chi connectivity index (χ2v) is 5.26. The number of benzene rings is 2. The molecule has 2 N–H and O–H groups in total. The largest absolute Gasteiger partial charge is 0.349 e. The molecule has 1 atom stereocenters. The van der Waals surface area contributed by atoms with Crippen molar-refractivity contribution in [1.29, 1.82) is 0 Å². The fourth-order valence-electron chi connectivity index (χ4n) is 2.25. The van der Waals surface area contributed by atoms with Gasteiger partial charge < -0.3 is 10.6 Å². The maximum Gasteiger partial charge on any atom is 0.224 e. The van der Waals surface area contributed by atoms with E-state index in [1.54, 1.807) is 0 Å². The van der Waals surface area contributed by atoms with Crippen LogP contribution in [0.3, 0.4) is 0 Å². The summed E-state index contributed by atoms with van der Waals surface area (Å²) in [5, 5.41) is 5.72. The zero-order valence-corrected chi connectivity index (χ0v) is 12.8. The first-order valence-electron chi connectivity index (χ1n) is 7.25. The number of anilines is 1. The van der Waals surface area contributed by atoms with Gasteiger partial charge in [0.05, 0.1) is 12.5 Å². The summed E-state index contributed by atoms with van der Waals surface area (Å²) in [5.41, 5.74) is 2.67. The molecule has 0 heterocycles. The quantitative estimate of drug-likeness (QED) is 0.891. The molecule has 2 amide bonds. The molecule has 4 nitrogen and oxygen atoms in total. The van der Waals surface area contributed by atoms with Gasteiger partial charge in [-0.15, -0.1) is 0 Å². The Balaban J connectivity index is 1.98. The van der Waals surface area contributed by atoms with Crippen LogP contribution in [0.2, 0.25) is 0 Å². The molecular formula is C18H20N2O2. The van der Waals surface area contributed by atoms with E-state index in [-0.39, 0.29) is 17.9 Å². The molecule has 0 aromatic heterocycles. The van der Waals surface area contributed by atoms with Gasteiger partial charge in [-0.3, -0.25) is 9.59 Å². The van der Waals surface area contributed by atoms with E-state index < -0.39 is 0 Å². The lowest BCUT2D eigenvalue weighted by atomic mass is 10.1. The average Bonchev–Trinajstić information content (AvgIpc) is 2.47. The maximum absolute atomic E-state index is 12.1. The minimum Gasteiger partial charge on any atom is -0.349 e. The second-order valence-electron chi connectivity index (χ2n) is 5.26. The molecule has 0 aliphatic heterocycles. The van der Waals surface area contributed by atoms with Crippen molar-refractivity contribution in [3.8, 4) is 0 Å². The smallest absolute Gasteiger partial charge is 0.224 e. The minimum atomic E-state index is -0.120. The van der Waals surface area contributed by atoms with Crippen LogP contribution in [0.5, 0.6) is 0 Å². The molecule has 2 aromatic rings. The van der Waals surface area contributed by atoms with Crippen LogP contribution in [-0.4, -0.2) is 11.8 Å². The molecule has 2 aromatic carbocycles. The number of amides is 2. The van der Waals surface area contributed by atoms with Gasteiger partial charge in [-0.25, -0.2) is 0 Å². The van der Waals surface area contributed by atoms with Crippen LogP contribution in [0.1, 0.15) is 31.0 Å². The average molecular weight is 296 g/mol. The molecule has 0 aliphatic carbocycles. The summed E-state index contributed by atoms with van der Waals surface area (Å²) in [7, 11) is 0. The summed E-state index contributed by atoms with van der Waals surface area (Å²) in [4.78, 5) is 23.2. The Kier molecular flexibility index (Phi) is 5.31. The molecule has 0 saturated heterocycles. The summed E-state index contributed by atoms with van der Waals surface area (Å²) in [6.07, 6.45) is 0.358. The van der Waals surface area contributed by atoms with Crippen LogP contribution in [0.4, 0.5) is 5.69 Å². The van der Waals surface area contributed by atoms with Crippen molar-refractivity contribution in [2.75, 3.05) is 5.32 Å². The van der Waals surface area contributed by atoms with E-state index in [1.807, 2.05) is 61.5 Å². The van der Waals surface area contributed by atoms with Crippen molar-refractivity contribution >= 4 is 17.5 Å². The van der Waals surface area contributed by atoms with Crippen LogP contribution in [0.15, 0.2) is 54.6 Å². The highest BCUT2D eigenvalue weighted by Gasteiger charge is 2.10. The van der Waals surface area contributed by atoms with Crippen molar-refractivity contribution in [1.82, 2.24) is 5.32 Å². The summed E-state index contributed by atoms with van der Waals surface area (Å²) in [5.74, 6) is -0.137. The van der Waals surface area contributed by atoms with Crippen LogP contribution in [0.25, 0.3) is 0 Å². The molecule has 0 fully saturated rings. The molecule has 0 spiro atoms. The Hall–Kier alpha value is -2.62. The first-order chi connectivity index (χ1) is 10.5. The Morgan fingerprint density at radius 2 is 1.77 bits per heavy atom. The van der Waals surface area contributed by atoms with E-state index in [9.17, 15) is 9.59 Å². The molecule has 0 aliphatic rings. The highest BCUT2D eigenvalue weighted by molar-refractivity contribution is 5.88. The minimum absolute atomic E-state index is 0.0244. The van der Waals surface area contributed by atoms with Crippen LogP contribution >= 0.6 is 0 Å². The lowest BCUT2D eigenvalue weighted by Crippen LogP contribution is -2.28. The number of nitrogens with one attached hydrogen (secondary N) is 2. The van der Waals surface area contributed by atoms with Crippen molar-refractivity contribution < 1.29 is 9.59 Å². The number of hydrogen-bond acceptors (Lipinski definition) is 2. The standard InChI is InChI=1S/C18H20N2O2/c1-13(16-9-6-10-17(12-16)20-14(2)21)19-18(22)11-15-7-4-3-5-8-15/h3-10,12-13H,11H2,1-2H3,(H,19,22)(H,20,21). The molecule has 2 rings (SSSR count). The van der Waals surface area contributed by atoms with Gasteiger partial charge in [-0.05, 0) is 30.2 Å². The molecule has 4 heteroatoms. The van der Waals surface area contributed by atoms with Crippen LogP contribution < -0.4 is 10.6 Å². The SMILES string of the molecule is CC(=O)Nc1cccc(C(C)NC(=O)Cc2ccccc2)c1. The molecule has 0 bridgehead atoms. The van der Waals surface area contributed by atoms with E-state index in [2.05, 4.69) is 10.6 Å². The van der Waals surface area contributed by atoms with Crippen LogP contribution in [-0.2, 0) is 16.0 Å². The Morgan fingerprint density at radius 1 is 1.05 bits per heavy atom. The van der Waals surface area contributed by atoms with Crippen molar-refractivity contribution in [2.45, 2.75) is 26.3 Å². The third kappa shape index (κ3) is 4.74. The fraction of sp³-hybridized carbons (Fsp3) is 0.222. The first-order valence-corrected chi connectivity index (χ1v) is 7.25. The molecule has 0 saturated carbocycles. The van der Waals surface area contributed by atoms with Crippen molar-refractivity contribution in [2.24, 2.45) is 0 Å². The third-order valence-electron chi connectivity index (χ3n) is 3.29. The normalized spacial score (nSPS) is 11.5. The predicted octanol–water partition coefficient (Wildman–Crippen LogP) is 3.06. The maximum atomic E-state index is 12.1. The summed E-state index contributed by atoms with van der Waals surface area (Å²) in [6, 6.07) is 17.0. The summed E-state index contributed by atoms with van der Waals surface area (Å²) < 4.78 is 0. The number of rotatable bonds is 5. The Bertz CT molecular complexity index is 653. The lowest BCUT2D eigenvalue weighted by Gasteiger charge is -2.15. The van der Waals surface area contributed by atoms with Crippen LogP contribution in [0, 0.1) is 0 Å². The lowest BCUT2D eigenvalue weighted by molar-refractivity contribution is -0.121.